The van der Waals surface area contributed by atoms with Crippen molar-refractivity contribution >= 4 is 10.8 Å². The highest BCUT2D eigenvalue weighted by Gasteiger charge is 2.09. The Morgan fingerprint density at radius 3 is 2.61 bits per heavy atom. The molecule has 0 bridgehead atoms. The van der Waals surface area contributed by atoms with Crippen molar-refractivity contribution in [3.8, 4) is 5.88 Å². The maximum absolute atomic E-state index is 12.1. The third-order valence-corrected chi connectivity index (χ3v) is 2.47. The van der Waals surface area contributed by atoms with Crippen molar-refractivity contribution in [1.29, 1.82) is 0 Å². The van der Waals surface area contributed by atoms with Crippen molar-refractivity contribution < 1.29 is 4.74 Å². The summed E-state index contributed by atoms with van der Waals surface area (Å²) >= 11 is 0. The predicted octanol–water partition coefficient (Wildman–Crippen LogP) is 2.15. The van der Waals surface area contributed by atoms with E-state index in [-0.39, 0.29) is 5.56 Å². The number of hydrogen-bond donors (Lipinski definition) is 0. The van der Waals surface area contributed by atoms with Crippen LogP contribution < -0.4 is 10.3 Å². The molecule has 4 nitrogen and oxygen atoms in total. The third kappa shape index (κ3) is 2.18. The molecule has 0 radical (unpaired) electrons. The van der Waals surface area contributed by atoms with Gasteiger partial charge in [0.05, 0.1) is 17.3 Å². The van der Waals surface area contributed by atoms with Crippen LogP contribution in [0.3, 0.4) is 0 Å². The summed E-state index contributed by atoms with van der Waals surface area (Å²) in [6.45, 7) is 7.91. The normalized spacial score (nSPS) is 10.2. The summed E-state index contributed by atoms with van der Waals surface area (Å²) in [5, 5.41) is 5.49. The molecule has 0 fully saturated rings. The summed E-state index contributed by atoms with van der Waals surface area (Å²) in [5.41, 5.74) is -0.142. The smallest absolute Gasteiger partial charge is 0.275 e. The number of ether oxygens (including phenoxy) is 1. The lowest BCUT2D eigenvalue weighted by molar-refractivity contribution is 0.341. The molecule has 0 aliphatic carbocycles. The Bertz CT molecular complexity index is 644. The Morgan fingerprint density at radius 1 is 1.22 bits per heavy atom. The van der Waals surface area contributed by atoms with Gasteiger partial charge in [-0.1, -0.05) is 30.9 Å². The quantitative estimate of drug-likeness (QED) is 0.754. The summed E-state index contributed by atoms with van der Waals surface area (Å²) < 4.78 is 6.83. The molecule has 4 heteroatoms. The highest BCUT2D eigenvalue weighted by atomic mass is 16.5. The first-order chi connectivity index (χ1) is 8.77. The van der Waals surface area contributed by atoms with E-state index in [2.05, 4.69) is 18.3 Å². The van der Waals surface area contributed by atoms with E-state index >= 15 is 0 Å². The van der Waals surface area contributed by atoms with Gasteiger partial charge in [-0.15, -0.1) is 11.7 Å². The zero-order valence-corrected chi connectivity index (χ0v) is 10.0. The average Bonchev–Trinajstić information content (AvgIpc) is 2.41. The molecule has 0 saturated heterocycles. The monoisotopic (exact) mass is 242 g/mol. The number of rotatable bonds is 5. The van der Waals surface area contributed by atoms with Crippen LogP contribution in [0, 0.1) is 0 Å². The minimum atomic E-state index is -0.142. The highest BCUT2D eigenvalue weighted by molar-refractivity contribution is 5.85. The maximum Gasteiger partial charge on any atom is 0.275 e. The summed E-state index contributed by atoms with van der Waals surface area (Å²) in [6.07, 6.45) is 3.26. The van der Waals surface area contributed by atoms with Gasteiger partial charge < -0.3 is 4.74 Å². The fourth-order valence-electron chi connectivity index (χ4n) is 1.69. The van der Waals surface area contributed by atoms with Gasteiger partial charge in [0.1, 0.15) is 6.61 Å². The second-order valence-corrected chi connectivity index (χ2v) is 3.73. The highest BCUT2D eigenvalue weighted by Crippen LogP contribution is 2.19. The molecule has 1 aromatic carbocycles. The Balaban J connectivity index is 2.67. The molecule has 2 aromatic rings. The lowest BCUT2D eigenvalue weighted by Gasteiger charge is -2.09. The van der Waals surface area contributed by atoms with Gasteiger partial charge in [-0.3, -0.25) is 4.79 Å². The molecule has 0 unspecified atom stereocenters. The van der Waals surface area contributed by atoms with Crippen molar-refractivity contribution in [1.82, 2.24) is 9.78 Å². The van der Waals surface area contributed by atoms with Gasteiger partial charge in [-0.2, -0.15) is 0 Å². The maximum atomic E-state index is 12.1. The summed E-state index contributed by atoms with van der Waals surface area (Å²) in [7, 11) is 0. The van der Waals surface area contributed by atoms with E-state index in [1.54, 1.807) is 18.2 Å². The fourth-order valence-corrected chi connectivity index (χ4v) is 1.69. The molecule has 0 aliphatic heterocycles. The summed E-state index contributed by atoms with van der Waals surface area (Å²) in [4.78, 5) is 12.1. The number of fused-ring (bicyclic) bond motifs is 1. The largest absolute Gasteiger partial charge is 0.472 e. The van der Waals surface area contributed by atoms with Crippen LogP contribution in [0.5, 0.6) is 5.88 Å². The van der Waals surface area contributed by atoms with Gasteiger partial charge in [0, 0.05) is 0 Å². The van der Waals surface area contributed by atoms with Crippen LogP contribution in [0.4, 0.5) is 0 Å². The molecule has 1 aromatic heterocycles. The lowest BCUT2D eigenvalue weighted by atomic mass is 10.2. The molecular formula is C14H14N2O2. The molecule has 0 saturated carbocycles. The first-order valence-corrected chi connectivity index (χ1v) is 5.62. The van der Waals surface area contributed by atoms with Crippen LogP contribution in [0.1, 0.15) is 0 Å². The molecule has 0 amide bonds. The van der Waals surface area contributed by atoms with Crippen molar-refractivity contribution in [2.45, 2.75) is 6.54 Å². The number of benzene rings is 1. The molecule has 92 valence electrons. The van der Waals surface area contributed by atoms with Crippen LogP contribution in [0.2, 0.25) is 0 Å². The number of aromatic nitrogens is 2. The SMILES string of the molecule is C=CCOc1nn(CC=C)c(=O)c2ccccc12. The van der Waals surface area contributed by atoms with Gasteiger partial charge in [0.25, 0.3) is 5.56 Å². The Labute approximate surface area is 105 Å². The van der Waals surface area contributed by atoms with Gasteiger partial charge in [0.15, 0.2) is 0 Å². The van der Waals surface area contributed by atoms with Crippen molar-refractivity contribution in [3.05, 3.63) is 59.9 Å². The third-order valence-electron chi connectivity index (χ3n) is 2.47. The van der Waals surface area contributed by atoms with Gasteiger partial charge in [-0.25, -0.2) is 4.68 Å². The van der Waals surface area contributed by atoms with Crippen LogP contribution >= 0.6 is 0 Å². The molecule has 0 N–H and O–H groups in total. The van der Waals surface area contributed by atoms with Crippen molar-refractivity contribution in [2.75, 3.05) is 6.61 Å². The van der Waals surface area contributed by atoms with Gasteiger partial charge >= 0.3 is 0 Å². The number of hydrogen-bond acceptors (Lipinski definition) is 3. The van der Waals surface area contributed by atoms with Gasteiger partial charge in [0.2, 0.25) is 5.88 Å². The van der Waals surface area contributed by atoms with Crippen LogP contribution in [-0.2, 0) is 6.54 Å². The van der Waals surface area contributed by atoms with Crippen LogP contribution in [0.15, 0.2) is 54.4 Å². The van der Waals surface area contributed by atoms with E-state index in [0.29, 0.717) is 29.8 Å². The zero-order chi connectivity index (χ0) is 13.0. The first kappa shape index (κ1) is 12.1. The van der Waals surface area contributed by atoms with E-state index in [9.17, 15) is 4.79 Å². The Hall–Kier alpha value is -2.36. The average molecular weight is 242 g/mol. The van der Waals surface area contributed by atoms with Crippen LogP contribution in [0.25, 0.3) is 10.8 Å². The second-order valence-electron chi connectivity index (χ2n) is 3.73. The Kier molecular flexibility index (Phi) is 3.57. The molecule has 2 rings (SSSR count). The molecular weight excluding hydrogens is 228 g/mol. The standard InChI is InChI=1S/C14H14N2O2/c1-3-9-16-14(17)12-8-6-5-7-11(12)13(15-16)18-10-4-2/h3-8H,1-2,9-10H2. The predicted molar refractivity (Wildman–Crippen MR) is 71.9 cm³/mol. The van der Waals surface area contributed by atoms with E-state index in [0.717, 1.165) is 0 Å². The zero-order valence-electron chi connectivity index (χ0n) is 10.0. The van der Waals surface area contributed by atoms with Crippen LogP contribution in [-0.4, -0.2) is 16.4 Å². The van der Waals surface area contributed by atoms with E-state index in [1.807, 2.05) is 18.2 Å². The minimum Gasteiger partial charge on any atom is -0.472 e. The fraction of sp³-hybridized carbons (Fsp3) is 0.143. The molecule has 0 spiro atoms. The molecule has 1 heterocycles. The van der Waals surface area contributed by atoms with Crippen molar-refractivity contribution in [3.63, 3.8) is 0 Å². The first-order valence-electron chi connectivity index (χ1n) is 5.62. The second kappa shape index (κ2) is 5.31. The van der Waals surface area contributed by atoms with E-state index in [4.69, 9.17) is 4.74 Å². The number of nitrogens with zero attached hydrogens (tertiary/aromatic N) is 2. The summed E-state index contributed by atoms with van der Waals surface area (Å²) in [6, 6.07) is 7.25. The van der Waals surface area contributed by atoms with E-state index in [1.165, 1.54) is 4.68 Å². The lowest BCUT2D eigenvalue weighted by Crippen LogP contribution is -2.23. The number of allylic oxidation sites excluding steroid dienone is 1. The van der Waals surface area contributed by atoms with Gasteiger partial charge in [-0.05, 0) is 12.1 Å². The van der Waals surface area contributed by atoms with E-state index < -0.39 is 0 Å². The van der Waals surface area contributed by atoms with Crippen molar-refractivity contribution in [2.24, 2.45) is 0 Å². The minimum absolute atomic E-state index is 0.142. The molecule has 0 atom stereocenters. The Morgan fingerprint density at radius 2 is 1.94 bits per heavy atom. The summed E-state index contributed by atoms with van der Waals surface area (Å²) in [5.74, 6) is 0.437. The topological polar surface area (TPSA) is 44.1 Å². The molecule has 0 aliphatic rings. The molecule has 18 heavy (non-hydrogen) atoms.